The number of carbonyl (C=O) groups is 1. The number of H-pyrrole nitrogens is 1. The third-order valence-electron chi connectivity index (χ3n) is 4.03. The van der Waals surface area contributed by atoms with Crippen molar-refractivity contribution < 1.29 is 14.3 Å². The van der Waals surface area contributed by atoms with Crippen LogP contribution in [-0.4, -0.2) is 34.4 Å². The molecule has 0 radical (unpaired) electrons. The molecule has 2 N–H and O–H groups in total. The molecule has 0 spiro atoms. The van der Waals surface area contributed by atoms with Crippen LogP contribution in [0.2, 0.25) is 0 Å². The number of nitrogens with zero attached hydrogens (tertiary/aromatic N) is 2. The highest BCUT2D eigenvalue weighted by atomic mass is 16.5. The Morgan fingerprint density at radius 2 is 2.20 bits per heavy atom. The number of nitrogens with one attached hydrogen (secondary N) is 2. The van der Waals surface area contributed by atoms with Gasteiger partial charge in [-0.2, -0.15) is 5.10 Å². The Labute approximate surface area is 145 Å². The number of benzene rings is 1. The molecule has 3 rings (SSSR count). The van der Waals surface area contributed by atoms with Gasteiger partial charge >= 0.3 is 0 Å². The molecule has 7 heteroatoms. The molecular formula is C18H22N4O3. The monoisotopic (exact) mass is 342 g/mol. The van der Waals surface area contributed by atoms with Gasteiger partial charge in [0.1, 0.15) is 11.4 Å². The molecule has 1 amide bonds. The minimum atomic E-state index is -0.137. The Balaban J connectivity index is 1.86. The highest BCUT2D eigenvalue weighted by Gasteiger charge is 2.18. The lowest BCUT2D eigenvalue weighted by molar-refractivity contribution is -0.115. The van der Waals surface area contributed by atoms with Crippen molar-refractivity contribution in [3.63, 3.8) is 0 Å². The fraction of sp³-hybridized carbons (Fsp3) is 0.333. The minimum absolute atomic E-state index is 0.137. The number of hydrogen-bond acceptors (Lipinski definition) is 4. The second-order valence-electron chi connectivity index (χ2n) is 5.74. The number of aromatic amines is 1. The van der Waals surface area contributed by atoms with Crippen molar-refractivity contribution >= 4 is 22.5 Å². The van der Waals surface area contributed by atoms with Crippen molar-refractivity contribution in [2.75, 3.05) is 19.0 Å². The lowest BCUT2D eigenvalue weighted by Crippen LogP contribution is -2.15. The normalized spacial score (nSPS) is 10.9. The van der Waals surface area contributed by atoms with E-state index in [0.29, 0.717) is 23.9 Å². The number of amides is 1. The first-order valence-corrected chi connectivity index (χ1v) is 8.14. The van der Waals surface area contributed by atoms with Crippen LogP contribution < -0.4 is 14.8 Å². The van der Waals surface area contributed by atoms with Gasteiger partial charge in [0.15, 0.2) is 0 Å². The predicted octanol–water partition coefficient (Wildman–Crippen LogP) is 2.80. The number of anilines is 1. The van der Waals surface area contributed by atoms with Crippen molar-refractivity contribution in [1.82, 2.24) is 14.8 Å². The molecule has 0 saturated heterocycles. The highest BCUT2D eigenvalue weighted by Crippen LogP contribution is 2.30. The molecule has 3 aromatic rings. The van der Waals surface area contributed by atoms with Crippen LogP contribution in [0.5, 0.6) is 11.6 Å². The highest BCUT2D eigenvalue weighted by molar-refractivity contribution is 5.98. The Hall–Kier alpha value is -2.96. The first kappa shape index (κ1) is 16.9. The Morgan fingerprint density at radius 1 is 1.40 bits per heavy atom. The molecule has 1 aromatic carbocycles. The van der Waals surface area contributed by atoms with E-state index in [1.54, 1.807) is 18.8 Å². The van der Waals surface area contributed by atoms with Gasteiger partial charge in [0.25, 0.3) is 0 Å². The van der Waals surface area contributed by atoms with Crippen molar-refractivity contribution in [2.24, 2.45) is 7.05 Å². The minimum Gasteiger partial charge on any atom is -0.493 e. The summed E-state index contributed by atoms with van der Waals surface area (Å²) < 4.78 is 12.6. The van der Waals surface area contributed by atoms with E-state index in [-0.39, 0.29) is 12.3 Å². The molecule has 0 fully saturated rings. The summed E-state index contributed by atoms with van der Waals surface area (Å²) >= 11 is 0. The van der Waals surface area contributed by atoms with Gasteiger partial charge in [-0.1, -0.05) is 6.07 Å². The topological polar surface area (TPSA) is 81.2 Å². The van der Waals surface area contributed by atoms with E-state index in [9.17, 15) is 4.79 Å². The maximum absolute atomic E-state index is 12.6. The largest absolute Gasteiger partial charge is 0.493 e. The lowest BCUT2D eigenvalue weighted by Gasteiger charge is -2.09. The number of carbonyl (C=O) groups excluding carboxylic acids is 1. The van der Waals surface area contributed by atoms with Crippen molar-refractivity contribution in [1.29, 1.82) is 0 Å². The van der Waals surface area contributed by atoms with Crippen LogP contribution in [0.15, 0.2) is 24.4 Å². The predicted molar refractivity (Wildman–Crippen MR) is 96.3 cm³/mol. The summed E-state index contributed by atoms with van der Waals surface area (Å²) in [5, 5.41) is 8.11. The average Bonchev–Trinajstić information content (AvgIpc) is 3.09. The summed E-state index contributed by atoms with van der Waals surface area (Å²) in [6, 6.07) is 5.81. The number of aromatic nitrogens is 3. The van der Waals surface area contributed by atoms with Gasteiger partial charge in [-0.3, -0.25) is 4.79 Å². The maximum Gasteiger partial charge on any atom is 0.236 e. The van der Waals surface area contributed by atoms with Gasteiger partial charge < -0.3 is 19.8 Å². The molecule has 0 aliphatic rings. The zero-order valence-electron chi connectivity index (χ0n) is 14.8. The Bertz CT molecular complexity index is 911. The van der Waals surface area contributed by atoms with Gasteiger partial charge in [-0.05, 0) is 31.5 Å². The van der Waals surface area contributed by atoms with Crippen LogP contribution in [0.1, 0.15) is 18.2 Å². The first-order valence-electron chi connectivity index (χ1n) is 8.14. The third-order valence-corrected chi connectivity index (χ3v) is 4.03. The van der Waals surface area contributed by atoms with Crippen LogP contribution in [0.25, 0.3) is 10.9 Å². The SMILES string of the molecule is CCOc1cccc2[nH]cc(CC(=O)Nc3c(C)nn(C)c3OC)c12. The number of methoxy groups -OCH3 is 1. The molecule has 0 unspecified atom stereocenters. The van der Waals surface area contributed by atoms with Crippen molar-refractivity contribution in [2.45, 2.75) is 20.3 Å². The average molecular weight is 342 g/mol. The fourth-order valence-corrected chi connectivity index (χ4v) is 3.01. The smallest absolute Gasteiger partial charge is 0.236 e. The van der Waals surface area contributed by atoms with Crippen LogP contribution in [-0.2, 0) is 18.3 Å². The molecule has 25 heavy (non-hydrogen) atoms. The zero-order valence-corrected chi connectivity index (χ0v) is 14.8. The van der Waals surface area contributed by atoms with Gasteiger partial charge in [0, 0.05) is 24.1 Å². The molecule has 132 valence electrons. The van der Waals surface area contributed by atoms with Gasteiger partial charge in [-0.15, -0.1) is 0 Å². The summed E-state index contributed by atoms with van der Waals surface area (Å²) in [6.45, 7) is 4.34. The Morgan fingerprint density at radius 3 is 2.92 bits per heavy atom. The maximum atomic E-state index is 12.6. The standard InChI is InChI=1S/C18H22N4O3/c1-5-25-14-8-6-7-13-16(14)12(10-19-13)9-15(23)20-17-11(2)21-22(3)18(17)24-4/h6-8,10,19H,5,9H2,1-4H3,(H,20,23). The summed E-state index contributed by atoms with van der Waals surface area (Å²) in [7, 11) is 3.33. The van der Waals surface area contributed by atoms with Crippen LogP contribution in [0.4, 0.5) is 5.69 Å². The zero-order chi connectivity index (χ0) is 18.0. The summed E-state index contributed by atoms with van der Waals surface area (Å²) in [6.07, 6.45) is 2.07. The van der Waals surface area contributed by atoms with Crippen LogP contribution >= 0.6 is 0 Å². The van der Waals surface area contributed by atoms with Gasteiger partial charge in [0.2, 0.25) is 11.8 Å². The molecule has 2 aromatic heterocycles. The molecule has 0 atom stereocenters. The number of hydrogen-bond donors (Lipinski definition) is 2. The molecule has 2 heterocycles. The number of rotatable bonds is 6. The van der Waals surface area contributed by atoms with Crippen molar-refractivity contribution in [3.8, 4) is 11.6 Å². The third kappa shape index (κ3) is 3.17. The van der Waals surface area contributed by atoms with E-state index < -0.39 is 0 Å². The van der Waals surface area contributed by atoms with E-state index in [1.807, 2.05) is 38.2 Å². The number of aryl methyl sites for hydroxylation is 2. The first-order chi connectivity index (χ1) is 12.0. The summed E-state index contributed by atoms with van der Waals surface area (Å²) in [5.41, 5.74) is 3.14. The second-order valence-corrected chi connectivity index (χ2v) is 5.74. The van der Waals surface area contributed by atoms with E-state index in [0.717, 1.165) is 22.2 Å². The van der Waals surface area contributed by atoms with Gasteiger partial charge in [0.05, 0.1) is 25.8 Å². The summed E-state index contributed by atoms with van der Waals surface area (Å²) in [5.74, 6) is 1.17. The Kier molecular flexibility index (Phi) is 4.65. The molecule has 0 aliphatic heterocycles. The van der Waals surface area contributed by atoms with Crippen molar-refractivity contribution in [3.05, 3.63) is 35.7 Å². The van der Waals surface area contributed by atoms with E-state index in [4.69, 9.17) is 9.47 Å². The van der Waals surface area contributed by atoms with E-state index >= 15 is 0 Å². The van der Waals surface area contributed by atoms with E-state index in [2.05, 4.69) is 15.4 Å². The van der Waals surface area contributed by atoms with Gasteiger partial charge in [-0.25, -0.2) is 4.68 Å². The molecule has 0 saturated carbocycles. The number of ether oxygens (including phenoxy) is 2. The van der Waals surface area contributed by atoms with E-state index in [1.165, 1.54) is 0 Å². The fourth-order valence-electron chi connectivity index (χ4n) is 3.01. The molecule has 0 aliphatic carbocycles. The number of fused-ring (bicyclic) bond motifs is 1. The quantitative estimate of drug-likeness (QED) is 0.722. The molecular weight excluding hydrogens is 320 g/mol. The van der Waals surface area contributed by atoms with Crippen LogP contribution in [0, 0.1) is 6.92 Å². The summed E-state index contributed by atoms with van der Waals surface area (Å²) in [4.78, 5) is 15.8. The van der Waals surface area contributed by atoms with Crippen LogP contribution in [0.3, 0.4) is 0 Å². The lowest BCUT2D eigenvalue weighted by atomic mass is 10.1. The second kappa shape index (κ2) is 6.88. The molecule has 0 bridgehead atoms. The molecule has 7 nitrogen and oxygen atoms in total.